The quantitative estimate of drug-likeness (QED) is 0.870. The number of rotatable bonds is 3. The van der Waals surface area contributed by atoms with Crippen molar-refractivity contribution in [1.29, 1.82) is 0 Å². The van der Waals surface area contributed by atoms with Crippen LogP contribution in [0.4, 0.5) is 0 Å². The Morgan fingerprint density at radius 2 is 2.14 bits per heavy atom. The summed E-state index contributed by atoms with van der Waals surface area (Å²) in [6.45, 7) is 4.59. The maximum Gasteiger partial charge on any atom is 0.122 e. The van der Waals surface area contributed by atoms with Gasteiger partial charge in [-0.05, 0) is 25.0 Å². The van der Waals surface area contributed by atoms with Gasteiger partial charge in [0.05, 0.1) is 31.7 Å². The van der Waals surface area contributed by atoms with Gasteiger partial charge in [0.25, 0.3) is 0 Å². The molecule has 21 heavy (non-hydrogen) atoms. The van der Waals surface area contributed by atoms with Gasteiger partial charge in [-0.25, -0.2) is 0 Å². The molecule has 0 amide bonds. The van der Waals surface area contributed by atoms with E-state index in [0.29, 0.717) is 12.5 Å². The van der Waals surface area contributed by atoms with E-state index in [-0.39, 0.29) is 5.92 Å². The molecule has 1 radical (unpaired) electrons. The van der Waals surface area contributed by atoms with E-state index in [2.05, 4.69) is 16.4 Å². The largest absolute Gasteiger partial charge is 0.496 e. The lowest BCUT2D eigenvalue weighted by molar-refractivity contribution is 0.118. The fourth-order valence-corrected chi connectivity index (χ4v) is 3.09. The Morgan fingerprint density at radius 1 is 1.33 bits per heavy atom. The highest BCUT2D eigenvalue weighted by atomic mass is 16.5. The zero-order valence-corrected chi connectivity index (χ0v) is 12.6. The second-order valence-electron chi connectivity index (χ2n) is 5.43. The summed E-state index contributed by atoms with van der Waals surface area (Å²) in [5.74, 6) is 1.44. The topological polar surface area (TPSA) is 49.2 Å². The van der Waals surface area contributed by atoms with Crippen molar-refractivity contribution < 1.29 is 9.47 Å². The third-order valence-electron chi connectivity index (χ3n) is 4.07. The van der Waals surface area contributed by atoms with Gasteiger partial charge in [0, 0.05) is 18.9 Å². The molecule has 3 rings (SSSR count). The Bertz CT molecular complexity index is 604. The molecule has 0 saturated carbocycles. The van der Waals surface area contributed by atoms with Crippen LogP contribution in [0, 0.1) is 13.5 Å². The van der Waals surface area contributed by atoms with Gasteiger partial charge < -0.3 is 9.47 Å². The first-order valence-corrected chi connectivity index (χ1v) is 7.14. The zero-order valence-electron chi connectivity index (χ0n) is 12.6. The molecule has 0 spiro atoms. The number of nitrogens with zero attached hydrogens (tertiary/aromatic N) is 3. The first kappa shape index (κ1) is 14.1. The van der Waals surface area contributed by atoms with E-state index in [9.17, 15) is 0 Å². The molecule has 0 N–H and O–H groups in total. The third kappa shape index (κ3) is 2.65. The van der Waals surface area contributed by atoms with Crippen LogP contribution < -0.4 is 4.74 Å². The molecule has 0 aliphatic carbocycles. The number of ether oxygens (including phenoxy) is 2. The molecule has 5 heteroatoms. The van der Waals surface area contributed by atoms with Crippen molar-refractivity contribution in [2.75, 3.05) is 13.7 Å². The number of benzene rings is 1. The second-order valence-corrected chi connectivity index (χ2v) is 5.43. The Labute approximate surface area is 124 Å². The van der Waals surface area contributed by atoms with Crippen LogP contribution >= 0.6 is 0 Å². The molecule has 1 aromatic heterocycles. The van der Waals surface area contributed by atoms with Crippen molar-refractivity contribution >= 4 is 0 Å². The first-order valence-electron chi connectivity index (χ1n) is 7.14. The summed E-state index contributed by atoms with van der Waals surface area (Å²) in [4.78, 5) is 0. The van der Waals surface area contributed by atoms with E-state index in [1.807, 2.05) is 43.5 Å². The average molecular weight is 286 g/mol. The summed E-state index contributed by atoms with van der Waals surface area (Å²) in [7, 11) is 3.64. The van der Waals surface area contributed by atoms with E-state index >= 15 is 0 Å². The smallest absolute Gasteiger partial charge is 0.122 e. The molecule has 2 aromatic rings. The van der Waals surface area contributed by atoms with Gasteiger partial charge in [0.2, 0.25) is 0 Å². The molecule has 111 valence electrons. The van der Waals surface area contributed by atoms with Gasteiger partial charge in [-0.15, -0.1) is 5.10 Å². The van der Waals surface area contributed by atoms with E-state index in [0.717, 1.165) is 23.6 Å². The molecule has 1 aromatic carbocycles. The van der Waals surface area contributed by atoms with E-state index in [4.69, 9.17) is 9.47 Å². The monoisotopic (exact) mass is 286 g/mol. The third-order valence-corrected chi connectivity index (χ3v) is 4.07. The number of para-hydroxylation sites is 1. The summed E-state index contributed by atoms with van der Waals surface area (Å²) in [5.41, 5.74) is 3.28. The minimum atomic E-state index is 0.202. The van der Waals surface area contributed by atoms with Crippen LogP contribution in [0.5, 0.6) is 5.75 Å². The number of hydrogen-bond donors (Lipinski definition) is 0. The minimum absolute atomic E-state index is 0.202. The van der Waals surface area contributed by atoms with Gasteiger partial charge >= 0.3 is 0 Å². The standard InChI is InChI=1S/C16H20N3O2/c1-11-16(19(2)18-17-11)13-8-12(9-21-10-13)14-6-4-5-7-15(14)20-3/h4-7,10,12-13H,8-9H2,1-3H3. The van der Waals surface area contributed by atoms with Crippen molar-refractivity contribution in [1.82, 2.24) is 15.0 Å². The summed E-state index contributed by atoms with van der Waals surface area (Å²) in [6, 6.07) is 8.15. The Morgan fingerprint density at radius 3 is 2.86 bits per heavy atom. The van der Waals surface area contributed by atoms with Gasteiger partial charge in [-0.2, -0.15) is 0 Å². The van der Waals surface area contributed by atoms with E-state index < -0.39 is 0 Å². The van der Waals surface area contributed by atoms with E-state index in [1.54, 1.807) is 7.11 Å². The summed E-state index contributed by atoms with van der Waals surface area (Å²) in [6.07, 6.45) is 0.975. The van der Waals surface area contributed by atoms with Crippen molar-refractivity contribution in [3.8, 4) is 5.75 Å². The minimum Gasteiger partial charge on any atom is -0.496 e. The molecular weight excluding hydrogens is 266 g/mol. The van der Waals surface area contributed by atoms with Crippen LogP contribution in [0.25, 0.3) is 0 Å². The van der Waals surface area contributed by atoms with Crippen molar-refractivity contribution in [2.45, 2.75) is 25.2 Å². The van der Waals surface area contributed by atoms with Gasteiger partial charge in [-0.3, -0.25) is 4.68 Å². The Balaban J connectivity index is 1.86. The number of aromatic nitrogens is 3. The molecule has 5 nitrogen and oxygen atoms in total. The van der Waals surface area contributed by atoms with Crippen molar-refractivity contribution in [2.24, 2.45) is 7.05 Å². The van der Waals surface area contributed by atoms with Crippen LogP contribution in [0.1, 0.15) is 35.2 Å². The number of methoxy groups -OCH3 is 1. The summed E-state index contributed by atoms with van der Waals surface area (Å²) in [5, 5.41) is 8.22. The van der Waals surface area contributed by atoms with Gasteiger partial charge in [0.15, 0.2) is 0 Å². The fourth-order valence-electron chi connectivity index (χ4n) is 3.09. The lowest BCUT2D eigenvalue weighted by Gasteiger charge is -2.30. The van der Waals surface area contributed by atoms with Gasteiger partial charge in [-0.1, -0.05) is 23.4 Å². The maximum absolute atomic E-state index is 5.73. The zero-order chi connectivity index (χ0) is 14.8. The molecule has 1 aliphatic rings. The molecule has 0 bridgehead atoms. The Kier molecular flexibility index (Phi) is 3.92. The highest BCUT2D eigenvalue weighted by Gasteiger charge is 2.30. The molecule has 1 aliphatic heterocycles. The van der Waals surface area contributed by atoms with Crippen LogP contribution in [0.15, 0.2) is 24.3 Å². The highest BCUT2D eigenvalue weighted by molar-refractivity contribution is 5.37. The number of hydrogen-bond acceptors (Lipinski definition) is 4. The lowest BCUT2D eigenvalue weighted by Crippen LogP contribution is -2.22. The molecular formula is C16H20N3O2. The number of aryl methyl sites for hydroxylation is 2. The molecule has 2 heterocycles. The van der Waals surface area contributed by atoms with Crippen LogP contribution in [-0.4, -0.2) is 28.7 Å². The SMILES string of the molecule is COc1ccccc1C1CO[CH]C(c2c(C)nnn2C)C1. The summed E-state index contributed by atoms with van der Waals surface area (Å²) < 4.78 is 13.0. The van der Waals surface area contributed by atoms with Crippen molar-refractivity contribution in [3.05, 3.63) is 47.8 Å². The van der Waals surface area contributed by atoms with Crippen molar-refractivity contribution in [3.63, 3.8) is 0 Å². The predicted octanol–water partition coefficient (Wildman–Crippen LogP) is 2.58. The second kappa shape index (κ2) is 5.85. The summed E-state index contributed by atoms with van der Waals surface area (Å²) >= 11 is 0. The highest BCUT2D eigenvalue weighted by Crippen LogP contribution is 2.39. The van der Waals surface area contributed by atoms with Crippen LogP contribution in [-0.2, 0) is 11.8 Å². The molecule has 2 atom stereocenters. The molecule has 2 unspecified atom stereocenters. The first-order chi connectivity index (χ1) is 10.2. The maximum atomic E-state index is 5.73. The Hall–Kier alpha value is -1.88. The normalized spacial score (nSPS) is 22.2. The molecule has 1 fully saturated rings. The predicted molar refractivity (Wildman–Crippen MR) is 79.1 cm³/mol. The van der Waals surface area contributed by atoms with E-state index in [1.165, 1.54) is 5.56 Å². The van der Waals surface area contributed by atoms with Crippen LogP contribution in [0.3, 0.4) is 0 Å². The molecule has 1 saturated heterocycles. The fraction of sp³-hybridized carbons (Fsp3) is 0.438. The van der Waals surface area contributed by atoms with Crippen LogP contribution in [0.2, 0.25) is 0 Å². The van der Waals surface area contributed by atoms with Gasteiger partial charge in [0.1, 0.15) is 5.75 Å². The lowest BCUT2D eigenvalue weighted by atomic mass is 9.85. The average Bonchev–Trinajstić information content (AvgIpc) is 2.86.